The van der Waals surface area contributed by atoms with E-state index in [9.17, 15) is 18.0 Å². The largest absolute Gasteiger partial charge is 0.478 e. The molecule has 0 saturated heterocycles. The zero-order valence-corrected chi connectivity index (χ0v) is 10.2. The van der Waals surface area contributed by atoms with Crippen molar-refractivity contribution in [1.29, 1.82) is 0 Å². The summed E-state index contributed by atoms with van der Waals surface area (Å²) in [5.41, 5.74) is -1.95. The molecule has 0 saturated carbocycles. The average Bonchev–Trinajstić information content (AvgIpc) is 2.27. The molecule has 0 radical (unpaired) electrons. The molecule has 1 unspecified atom stereocenters. The quantitative estimate of drug-likeness (QED) is 0.833. The minimum absolute atomic E-state index is 0.174. The highest BCUT2D eigenvalue weighted by Crippen LogP contribution is 2.35. The Kier molecular flexibility index (Phi) is 4.64. The van der Waals surface area contributed by atoms with Crippen molar-refractivity contribution in [2.45, 2.75) is 23.2 Å². The standard InChI is InChI=1S/C11H11F3O3S/c1-6(5-15)18-7-2-3-8(10(16)17)9(4-7)11(12,13)14/h2-4,6,15H,5H2,1H3,(H,16,17). The number of thioether (sulfide) groups is 1. The third kappa shape index (κ3) is 3.64. The maximum atomic E-state index is 12.7. The van der Waals surface area contributed by atoms with Crippen molar-refractivity contribution in [1.82, 2.24) is 0 Å². The van der Waals surface area contributed by atoms with Crippen molar-refractivity contribution in [3.8, 4) is 0 Å². The van der Waals surface area contributed by atoms with Crippen LogP contribution in [0.2, 0.25) is 0 Å². The summed E-state index contributed by atoms with van der Waals surface area (Å²) in [5.74, 6) is -1.62. The fourth-order valence-corrected chi connectivity index (χ4v) is 2.16. The molecule has 0 spiro atoms. The molecule has 3 nitrogen and oxygen atoms in total. The number of hydrogen-bond acceptors (Lipinski definition) is 3. The van der Waals surface area contributed by atoms with E-state index in [1.54, 1.807) is 6.92 Å². The van der Waals surface area contributed by atoms with E-state index in [1.807, 2.05) is 0 Å². The highest BCUT2D eigenvalue weighted by Gasteiger charge is 2.35. The number of aliphatic hydroxyl groups is 1. The summed E-state index contributed by atoms with van der Waals surface area (Å²) >= 11 is 1.05. The molecular formula is C11H11F3O3S. The molecular weight excluding hydrogens is 269 g/mol. The number of hydrogen-bond donors (Lipinski definition) is 2. The van der Waals surface area contributed by atoms with E-state index in [0.29, 0.717) is 0 Å². The summed E-state index contributed by atoms with van der Waals surface area (Å²) in [6.45, 7) is 1.48. The number of benzene rings is 1. The second-order valence-electron chi connectivity index (χ2n) is 3.62. The Balaban J connectivity index is 3.18. The summed E-state index contributed by atoms with van der Waals surface area (Å²) in [5, 5.41) is 17.3. The molecule has 1 rings (SSSR count). The number of carboxylic acid groups (broad SMARTS) is 1. The maximum absolute atomic E-state index is 12.7. The topological polar surface area (TPSA) is 57.5 Å². The number of aromatic carboxylic acids is 1. The molecule has 0 fully saturated rings. The molecule has 1 aromatic carbocycles. The van der Waals surface area contributed by atoms with E-state index in [-0.39, 0.29) is 16.8 Å². The number of rotatable bonds is 4. The van der Waals surface area contributed by atoms with Crippen molar-refractivity contribution < 1.29 is 28.2 Å². The fraction of sp³-hybridized carbons (Fsp3) is 0.364. The summed E-state index contributed by atoms with van der Waals surface area (Å²) in [6, 6.07) is 3.02. The zero-order chi connectivity index (χ0) is 13.9. The van der Waals surface area contributed by atoms with Gasteiger partial charge in [0, 0.05) is 10.1 Å². The fourth-order valence-electron chi connectivity index (χ4n) is 1.29. The Hall–Kier alpha value is -1.21. The van der Waals surface area contributed by atoms with Gasteiger partial charge in [-0.15, -0.1) is 11.8 Å². The van der Waals surface area contributed by atoms with Crippen LogP contribution in [-0.2, 0) is 6.18 Å². The Morgan fingerprint density at radius 1 is 1.44 bits per heavy atom. The Labute approximate surface area is 106 Å². The van der Waals surface area contributed by atoms with Gasteiger partial charge in [-0.1, -0.05) is 6.92 Å². The van der Waals surface area contributed by atoms with Gasteiger partial charge in [0.2, 0.25) is 0 Å². The number of halogens is 3. The molecule has 0 aliphatic rings. The molecule has 0 heterocycles. The number of carboxylic acids is 1. The molecule has 1 aromatic rings. The van der Waals surface area contributed by atoms with Gasteiger partial charge in [-0.3, -0.25) is 0 Å². The number of alkyl halides is 3. The van der Waals surface area contributed by atoms with Crippen LogP contribution in [0.1, 0.15) is 22.8 Å². The lowest BCUT2D eigenvalue weighted by molar-refractivity contribution is -0.138. The minimum atomic E-state index is -4.72. The molecule has 18 heavy (non-hydrogen) atoms. The lowest BCUT2D eigenvalue weighted by Gasteiger charge is -2.13. The van der Waals surface area contributed by atoms with Crippen LogP contribution in [0, 0.1) is 0 Å². The van der Waals surface area contributed by atoms with Crippen LogP contribution in [0.5, 0.6) is 0 Å². The lowest BCUT2D eigenvalue weighted by atomic mass is 10.1. The summed E-state index contributed by atoms with van der Waals surface area (Å²) in [6.07, 6.45) is -4.72. The van der Waals surface area contributed by atoms with Gasteiger partial charge in [0.25, 0.3) is 0 Å². The molecule has 0 aromatic heterocycles. The minimum Gasteiger partial charge on any atom is -0.478 e. The van der Waals surface area contributed by atoms with Gasteiger partial charge in [0.15, 0.2) is 0 Å². The number of carbonyl (C=O) groups is 1. The van der Waals surface area contributed by atoms with E-state index in [2.05, 4.69) is 0 Å². The van der Waals surface area contributed by atoms with Crippen LogP contribution < -0.4 is 0 Å². The van der Waals surface area contributed by atoms with Crippen molar-refractivity contribution in [2.75, 3.05) is 6.61 Å². The molecule has 0 aliphatic carbocycles. The van der Waals surface area contributed by atoms with Gasteiger partial charge in [-0.05, 0) is 18.2 Å². The second kappa shape index (κ2) is 5.62. The lowest BCUT2D eigenvalue weighted by Crippen LogP contribution is -2.13. The molecule has 2 N–H and O–H groups in total. The molecule has 0 bridgehead atoms. The third-order valence-electron chi connectivity index (χ3n) is 2.12. The molecule has 0 amide bonds. The van der Waals surface area contributed by atoms with Crippen molar-refractivity contribution >= 4 is 17.7 Å². The zero-order valence-electron chi connectivity index (χ0n) is 9.36. The molecule has 100 valence electrons. The third-order valence-corrected chi connectivity index (χ3v) is 3.20. The van der Waals surface area contributed by atoms with Gasteiger partial charge in [0.05, 0.1) is 17.7 Å². The first kappa shape index (κ1) is 14.8. The normalized spacial score (nSPS) is 13.4. The predicted molar refractivity (Wildman–Crippen MR) is 60.8 cm³/mol. The first-order valence-electron chi connectivity index (χ1n) is 4.97. The Morgan fingerprint density at radius 3 is 2.50 bits per heavy atom. The van der Waals surface area contributed by atoms with Gasteiger partial charge in [-0.2, -0.15) is 13.2 Å². The van der Waals surface area contributed by atoms with Crippen LogP contribution >= 0.6 is 11.8 Å². The second-order valence-corrected chi connectivity index (χ2v) is 5.13. The highest BCUT2D eigenvalue weighted by atomic mass is 32.2. The van der Waals surface area contributed by atoms with Crippen molar-refractivity contribution in [2.24, 2.45) is 0 Å². The van der Waals surface area contributed by atoms with E-state index in [4.69, 9.17) is 10.2 Å². The predicted octanol–water partition coefficient (Wildman–Crippen LogP) is 2.88. The summed E-state index contributed by atoms with van der Waals surface area (Å²) in [7, 11) is 0. The van der Waals surface area contributed by atoms with Gasteiger partial charge in [0.1, 0.15) is 0 Å². The maximum Gasteiger partial charge on any atom is 0.417 e. The van der Waals surface area contributed by atoms with Gasteiger partial charge in [-0.25, -0.2) is 4.79 Å². The van der Waals surface area contributed by atoms with E-state index in [0.717, 1.165) is 23.9 Å². The Bertz CT molecular complexity index is 446. The van der Waals surface area contributed by atoms with Crippen LogP contribution in [0.3, 0.4) is 0 Å². The van der Waals surface area contributed by atoms with Crippen molar-refractivity contribution in [3.63, 3.8) is 0 Å². The number of aliphatic hydroxyl groups excluding tert-OH is 1. The van der Waals surface area contributed by atoms with Crippen LogP contribution in [0.4, 0.5) is 13.2 Å². The molecule has 7 heteroatoms. The average molecular weight is 280 g/mol. The summed E-state index contributed by atoms with van der Waals surface area (Å²) in [4.78, 5) is 11.0. The SMILES string of the molecule is CC(CO)Sc1ccc(C(=O)O)c(C(F)(F)F)c1. The van der Waals surface area contributed by atoms with Crippen LogP contribution in [0.25, 0.3) is 0 Å². The molecule has 0 aliphatic heterocycles. The summed E-state index contributed by atoms with van der Waals surface area (Å²) < 4.78 is 38.1. The first-order valence-corrected chi connectivity index (χ1v) is 5.85. The van der Waals surface area contributed by atoms with E-state index < -0.39 is 23.3 Å². The molecule has 1 atom stereocenters. The monoisotopic (exact) mass is 280 g/mol. The van der Waals surface area contributed by atoms with E-state index in [1.165, 1.54) is 6.07 Å². The van der Waals surface area contributed by atoms with Gasteiger partial charge < -0.3 is 10.2 Å². The van der Waals surface area contributed by atoms with Crippen LogP contribution in [0.15, 0.2) is 23.1 Å². The van der Waals surface area contributed by atoms with Crippen molar-refractivity contribution in [3.05, 3.63) is 29.3 Å². The smallest absolute Gasteiger partial charge is 0.417 e. The van der Waals surface area contributed by atoms with E-state index >= 15 is 0 Å². The van der Waals surface area contributed by atoms with Crippen LogP contribution in [-0.4, -0.2) is 28.0 Å². The first-order chi connectivity index (χ1) is 8.25. The van der Waals surface area contributed by atoms with Gasteiger partial charge >= 0.3 is 12.1 Å². The highest BCUT2D eigenvalue weighted by molar-refractivity contribution is 8.00. The Morgan fingerprint density at radius 2 is 2.06 bits per heavy atom.